The molecule has 0 heterocycles. The molecule has 0 bridgehead atoms. The maximum Gasteiger partial charge on any atom is 0.0441 e. The Balaban J connectivity index is 1.81. The lowest BCUT2D eigenvalue weighted by atomic mass is 9.93. The van der Waals surface area contributed by atoms with Crippen molar-refractivity contribution in [1.82, 2.24) is 0 Å². The van der Waals surface area contributed by atoms with Crippen molar-refractivity contribution in [2.24, 2.45) is 5.92 Å². The zero-order chi connectivity index (χ0) is 13.2. The van der Waals surface area contributed by atoms with Gasteiger partial charge in [0.1, 0.15) is 0 Å². The summed E-state index contributed by atoms with van der Waals surface area (Å²) in [5.74, 6) is 2.26. The lowest BCUT2D eigenvalue weighted by molar-refractivity contribution is 0.650. The second-order valence-electron chi connectivity index (χ2n) is 5.20. The molecule has 1 aliphatic carbocycles. The Labute approximate surface area is 124 Å². The fourth-order valence-corrected chi connectivity index (χ4v) is 3.62. The minimum Gasteiger partial charge on any atom is -0.126 e. The molecule has 0 N–H and O–H groups in total. The second-order valence-corrected chi connectivity index (χ2v) is 5.91. The molecule has 1 aliphatic rings. The maximum absolute atomic E-state index is 6.30. The van der Waals surface area contributed by atoms with Crippen LogP contribution < -0.4 is 0 Å². The Bertz CT molecular complexity index is 550. The first-order valence-electron chi connectivity index (χ1n) is 6.66. The molecule has 3 rings (SSSR count). The lowest BCUT2D eigenvalue weighted by Gasteiger charge is -2.16. The summed E-state index contributed by atoms with van der Waals surface area (Å²) in [7, 11) is 0. The first kappa shape index (κ1) is 13.0. The van der Waals surface area contributed by atoms with Crippen molar-refractivity contribution in [2.75, 3.05) is 5.88 Å². The highest BCUT2D eigenvalue weighted by molar-refractivity contribution is 6.31. The highest BCUT2D eigenvalue weighted by Crippen LogP contribution is 2.55. The Morgan fingerprint density at radius 2 is 1.68 bits per heavy atom. The molecule has 3 atom stereocenters. The fourth-order valence-electron chi connectivity index (χ4n) is 2.95. The van der Waals surface area contributed by atoms with Crippen molar-refractivity contribution in [3.63, 3.8) is 0 Å². The third-order valence-corrected chi connectivity index (χ3v) is 4.73. The minimum atomic E-state index is 0.362. The van der Waals surface area contributed by atoms with Crippen LogP contribution in [-0.4, -0.2) is 5.88 Å². The molecule has 0 saturated heterocycles. The Kier molecular flexibility index (Phi) is 3.81. The van der Waals surface area contributed by atoms with Crippen LogP contribution in [0.5, 0.6) is 0 Å². The van der Waals surface area contributed by atoms with E-state index in [1.54, 1.807) is 0 Å². The molecular weight excluding hydrogens is 275 g/mol. The molecule has 0 amide bonds. The van der Waals surface area contributed by atoms with E-state index in [9.17, 15) is 0 Å². The van der Waals surface area contributed by atoms with Gasteiger partial charge in [0.15, 0.2) is 0 Å². The molecule has 2 aromatic rings. The van der Waals surface area contributed by atoms with E-state index < -0.39 is 0 Å². The molecule has 0 aromatic heterocycles. The van der Waals surface area contributed by atoms with Gasteiger partial charge in [-0.3, -0.25) is 0 Å². The number of alkyl halides is 1. The van der Waals surface area contributed by atoms with E-state index in [0.29, 0.717) is 23.6 Å². The van der Waals surface area contributed by atoms with Crippen molar-refractivity contribution in [3.8, 4) is 0 Å². The summed E-state index contributed by atoms with van der Waals surface area (Å²) in [6.45, 7) is 0. The van der Waals surface area contributed by atoms with Crippen LogP contribution >= 0.6 is 23.2 Å². The van der Waals surface area contributed by atoms with Crippen LogP contribution in [0.3, 0.4) is 0 Å². The normalized spacial score (nSPS) is 23.1. The third kappa shape index (κ3) is 2.66. The predicted octanol–water partition coefficient (Wildman–Crippen LogP) is 5.47. The van der Waals surface area contributed by atoms with E-state index in [2.05, 4.69) is 36.4 Å². The molecule has 0 radical (unpaired) electrons. The smallest absolute Gasteiger partial charge is 0.0441 e. The topological polar surface area (TPSA) is 0 Å². The van der Waals surface area contributed by atoms with Gasteiger partial charge in [-0.05, 0) is 35.4 Å². The monoisotopic (exact) mass is 290 g/mol. The average molecular weight is 291 g/mol. The number of rotatable bonds is 4. The second kappa shape index (κ2) is 5.56. The molecule has 98 valence electrons. The van der Waals surface area contributed by atoms with Gasteiger partial charge in [-0.25, -0.2) is 0 Å². The van der Waals surface area contributed by atoms with Gasteiger partial charge in [0.2, 0.25) is 0 Å². The average Bonchev–Trinajstić information content (AvgIpc) is 3.23. The lowest BCUT2D eigenvalue weighted by Crippen LogP contribution is -2.05. The van der Waals surface area contributed by atoms with E-state index in [0.717, 1.165) is 5.02 Å². The molecule has 2 heteroatoms. The molecule has 19 heavy (non-hydrogen) atoms. The van der Waals surface area contributed by atoms with Gasteiger partial charge in [0.25, 0.3) is 0 Å². The summed E-state index contributed by atoms with van der Waals surface area (Å²) in [6, 6.07) is 18.8. The Hall–Kier alpha value is -0.980. The largest absolute Gasteiger partial charge is 0.126 e. The predicted molar refractivity (Wildman–Crippen MR) is 82.2 cm³/mol. The van der Waals surface area contributed by atoms with Crippen molar-refractivity contribution >= 4 is 23.2 Å². The van der Waals surface area contributed by atoms with E-state index in [1.165, 1.54) is 17.5 Å². The zero-order valence-corrected chi connectivity index (χ0v) is 12.1. The number of benzene rings is 2. The van der Waals surface area contributed by atoms with Gasteiger partial charge in [-0.15, -0.1) is 11.6 Å². The van der Waals surface area contributed by atoms with Crippen LogP contribution in [0.15, 0.2) is 54.6 Å². The van der Waals surface area contributed by atoms with Crippen molar-refractivity contribution < 1.29 is 0 Å². The van der Waals surface area contributed by atoms with Gasteiger partial charge >= 0.3 is 0 Å². The van der Waals surface area contributed by atoms with Crippen molar-refractivity contribution in [2.45, 2.75) is 18.3 Å². The minimum absolute atomic E-state index is 0.362. The molecular formula is C17H16Cl2. The van der Waals surface area contributed by atoms with E-state index in [-0.39, 0.29) is 0 Å². The third-order valence-electron chi connectivity index (χ3n) is 4.06. The van der Waals surface area contributed by atoms with E-state index >= 15 is 0 Å². The Morgan fingerprint density at radius 1 is 1.00 bits per heavy atom. The number of hydrogen-bond acceptors (Lipinski definition) is 0. The number of halogens is 2. The quantitative estimate of drug-likeness (QED) is 0.656. The molecule has 0 spiro atoms. The first-order chi connectivity index (χ1) is 9.31. The molecule has 1 saturated carbocycles. The van der Waals surface area contributed by atoms with E-state index in [4.69, 9.17) is 23.2 Å². The van der Waals surface area contributed by atoms with Gasteiger partial charge in [-0.2, -0.15) is 0 Å². The zero-order valence-electron chi connectivity index (χ0n) is 10.6. The van der Waals surface area contributed by atoms with Gasteiger partial charge in [0, 0.05) is 16.8 Å². The van der Waals surface area contributed by atoms with Crippen LogP contribution in [0.1, 0.15) is 29.4 Å². The van der Waals surface area contributed by atoms with Crippen LogP contribution in [0.25, 0.3) is 0 Å². The highest BCUT2D eigenvalue weighted by atomic mass is 35.5. The molecule has 0 aliphatic heterocycles. The van der Waals surface area contributed by atoms with Crippen LogP contribution in [0.2, 0.25) is 5.02 Å². The van der Waals surface area contributed by atoms with Crippen LogP contribution in [0, 0.1) is 5.92 Å². The molecule has 1 fully saturated rings. The first-order valence-corrected chi connectivity index (χ1v) is 7.58. The fraction of sp³-hybridized carbons (Fsp3) is 0.294. The Morgan fingerprint density at radius 3 is 2.37 bits per heavy atom. The van der Waals surface area contributed by atoms with Crippen LogP contribution in [-0.2, 0) is 0 Å². The van der Waals surface area contributed by atoms with Gasteiger partial charge in [-0.1, -0.05) is 60.1 Å². The summed E-state index contributed by atoms with van der Waals surface area (Å²) in [4.78, 5) is 0. The molecule has 3 unspecified atom stereocenters. The summed E-state index contributed by atoms with van der Waals surface area (Å²) in [5, 5.41) is 0.840. The van der Waals surface area contributed by atoms with Crippen molar-refractivity contribution in [1.29, 1.82) is 0 Å². The maximum atomic E-state index is 6.30. The summed E-state index contributed by atoms with van der Waals surface area (Å²) in [6.07, 6.45) is 1.21. The molecule has 2 aromatic carbocycles. The highest BCUT2D eigenvalue weighted by Gasteiger charge is 2.44. The summed E-state index contributed by atoms with van der Waals surface area (Å²) < 4.78 is 0. The van der Waals surface area contributed by atoms with Crippen LogP contribution in [0.4, 0.5) is 0 Å². The number of hydrogen-bond donors (Lipinski definition) is 0. The van der Waals surface area contributed by atoms with E-state index in [1.807, 2.05) is 18.2 Å². The van der Waals surface area contributed by atoms with Gasteiger partial charge < -0.3 is 0 Å². The SMILES string of the molecule is ClCC(c1ccccc1Cl)C1CC1c1ccccc1. The van der Waals surface area contributed by atoms with Crippen molar-refractivity contribution in [3.05, 3.63) is 70.7 Å². The van der Waals surface area contributed by atoms with Gasteiger partial charge in [0.05, 0.1) is 0 Å². The standard InChI is InChI=1S/C17H16Cl2/c18-11-16(13-8-4-5-9-17(13)19)15-10-14(15)12-6-2-1-3-7-12/h1-9,14-16H,10-11H2. The summed E-state index contributed by atoms with van der Waals surface area (Å²) >= 11 is 12.5. The summed E-state index contributed by atoms with van der Waals surface area (Å²) in [5.41, 5.74) is 2.62. The molecule has 0 nitrogen and oxygen atoms in total.